The number of ether oxygens (including phenoxy) is 2. The molecule has 0 saturated carbocycles. The fourth-order valence-electron chi connectivity index (χ4n) is 1.95. The van der Waals surface area contributed by atoms with Gasteiger partial charge in [0.05, 0.1) is 25.1 Å². The van der Waals surface area contributed by atoms with E-state index in [4.69, 9.17) is 9.47 Å². The van der Waals surface area contributed by atoms with Crippen LogP contribution in [0, 0.1) is 0 Å². The zero-order valence-corrected chi connectivity index (χ0v) is 13.6. The number of carbonyl (C=O) groups excluding carboxylic acids is 2. The molecule has 0 spiro atoms. The SMILES string of the molecule is CCOC(=O)C(=CNc1ccnn1-c1ccccc1)C(=O)OCC. The summed E-state index contributed by atoms with van der Waals surface area (Å²) in [6.45, 7) is 3.66. The van der Waals surface area contributed by atoms with Crippen LogP contribution in [0.25, 0.3) is 5.69 Å². The number of anilines is 1. The van der Waals surface area contributed by atoms with E-state index in [0.717, 1.165) is 5.69 Å². The first-order valence-corrected chi connectivity index (χ1v) is 7.57. The molecule has 1 aromatic heterocycles. The lowest BCUT2D eigenvalue weighted by Crippen LogP contribution is -2.19. The van der Waals surface area contributed by atoms with Crippen LogP contribution in [-0.4, -0.2) is 34.9 Å². The molecule has 0 amide bonds. The molecule has 7 heteroatoms. The third kappa shape index (κ3) is 4.22. The first kappa shape index (κ1) is 17.3. The quantitative estimate of drug-likeness (QED) is 0.363. The number of carbonyl (C=O) groups is 2. The minimum Gasteiger partial charge on any atom is -0.462 e. The van der Waals surface area contributed by atoms with Gasteiger partial charge in [0.25, 0.3) is 0 Å². The molecule has 2 aromatic rings. The summed E-state index contributed by atoms with van der Waals surface area (Å²) in [6.07, 6.45) is 2.88. The second-order valence-electron chi connectivity index (χ2n) is 4.61. The van der Waals surface area contributed by atoms with Crippen molar-refractivity contribution in [2.45, 2.75) is 13.8 Å². The monoisotopic (exact) mass is 329 g/mol. The number of aromatic nitrogens is 2. The van der Waals surface area contributed by atoms with Crippen LogP contribution in [0.1, 0.15) is 13.8 Å². The Morgan fingerprint density at radius 2 is 1.71 bits per heavy atom. The van der Waals surface area contributed by atoms with E-state index in [1.54, 1.807) is 30.8 Å². The van der Waals surface area contributed by atoms with Gasteiger partial charge in [-0.1, -0.05) is 18.2 Å². The van der Waals surface area contributed by atoms with E-state index in [-0.39, 0.29) is 18.8 Å². The highest BCUT2D eigenvalue weighted by Crippen LogP contribution is 2.15. The highest BCUT2D eigenvalue weighted by molar-refractivity contribution is 6.14. The lowest BCUT2D eigenvalue weighted by molar-refractivity contribution is -0.146. The van der Waals surface area contributed by atoms with Crippen LogP contribution in [0.4, 0.5) is 5.82 Å². The molecular weight excluding hydrogens is 310 g/mol. The molecule has 0 fully saturated rings. The Kier molecular flexibility index (Phi) is 6.13. The van der Waals surface area contributed by atoms with Gasteiger partial charge in [0, 0.05) is 12.3 Å². The number of hydrogen-bond acceptors (Lipinski definition) is 6. The number of nitrogens with zero attached hydrogens (tertiary/aromatic N) is 2. The van der Waals surface area contributed by atoms with Gasteiger partial charge in [0.2, 0.25) is 0 Å². The van der Waals surface area contributed by atoms with Crippen molar-refractivity contribution >= 4 is 17.8 Å². The van der Waals surface area contributed by atoms with E-state index in [2.05, 4.69) is 10.4 Å². The molecule has 24 heavy (non-hydrogen) atoms. The topological polar surface area (TPSA) is 82.5 Å². The molecule has 0 atom stereocenters. The summed E-state index contributed by atoms with van der Waals surface area (Å²) in [6, 6.07) is 11.2. The van der Waals surface area contributed by atoms with E-state index in [0.29, 0.717) is 5.82 Å². The summed E-state index contributed by atoms with van der Waals surface area (Å²) in [4.78, 5) is 23.8. The van der Waals surface area contributed by atoms with Crippen molar-refractivity contribution in [1.82, 2.24) is 9.78 Å². The van der Waals surface area contributed by atoms with E-state index in [9.17, 15) is 9.59 Å². The van der Waals surface area contributed by atoms with Crippen molar-refractivity contribution < 1.29 is 19.1 Å². The van der Waals surface area contributed by atoms with Crippen LogP contribution in [0.2, 0.25) is 0 Å². The summed E-state index contributed by atoms with van der Waals surface area (Å²) in [5.74, 6) is -0.893. The van der Waals surface area contributed by atoms with Gasteiger partial charge in [-0.2, -0.15) is 5.10 Å². The van der Waals surface area contributed by atoms with E-state index in [1.807, 2.05) is 30.3 Å². The molecule has 0 radical (unpaired) electrons. The fourth-order valence-corrected chi connectivity index (χ4v) is 1.95. The van der Waals surface area contributed by atoms with Gasteiger partial charge in [-0.25, -0.2) is 14.3 Å². The Labute approximate surface area is 139 Å². The Hall–Kier alpha value is -3.09. The average molecular weight is 329 g/mol. The number of benzene rings is 1. The summed E-state index contributed by atoms with van der Waals surface area (Å²) < 4.78 is 11.4. The number of nitrogens with one attached hydrogen (secondary N) is 1. The highest BCUT2D eigenvalue weighted by Gasteiger charge is 2.21. The van der Waals surface area contributed by atoms with Gasteiger partial charge in [-0.05, 0) is 26.0 Å². The number of para-hydroxylation sites is 1. The van der Waals surface area contributed by atoms with Crippen LogP contribution in [0.3, 0.4) is 0 Å². The average Bonchev–Trinajstić information content (AvgIpc) is 3.05. The summed E-state index contributed by atoms with van der Waals surface area (Å²) >= 11 is 0. The van der Waals surface area contributed by atoms with Crippen molar-refractivity contribution in [3.63, 3.8) is 0 Å². The molecule has 0 saturated heterocycles. The minimum atomic E-state index is -0.741. The summed E-state index contributed by atoms with van der Waals surface area (Å²) in [5, 5.41) is 7.13. The summed E-state index contributed by atoms with van der Waals surface area (Å²) in [5.41, 5.74) is 0.631. The van der Waals surface area contributed by atoms with Gasteiger partial charge < -0.3 is 14.8 Å². The van der Waals surface area contributed by atoms with E-state index < -0.39 is 11.9 Å². The van der Waals surface area contributed by atoms with Gasteiger partial charge in [0.15, 0.2) is 5.57 Å². The molecule has 0 bridgehead atoms. The maximum absolute atomic E-state index is 11.9. The molecular formula is C17H19N3O4. The third-order valence-electron chi connectivity index (χ3n) is 3.00. The first-order valence-electron chi connectivity index (χ1n) is 7.57. The molecule has 0 aliphatic heterocycles. The minimum absolute atomic E-state index is 0.164. The third-order valence-corrected chi connectivity index (χ3v) is 3.00. The number of hydrogen-bond donors (Lipinski definition) is 1. The fraction of sp³-hybridized carbons (Fsp3) is 0.235. The molecule has 2 rings (SSSR count). The largest absolute Gasteiger partial charge is 0.462 e. The first-order chi connectivity index (χ1) is 11.7. The molecule has 1 N–H and O–H groups in total. The Morgan fingerprint density at radius 1 is 1.08 bits per heavy atom. The molecule has 1 heterocycles. The van der Waals surface area contributed by atoms with Gasteiger partial charge in [-0.3, -0.25) is 0 Å². The van der Waals surface area contributed by atoms with Crippen LogP contribution >= 0.6 is 0 Å². The van der Waals surface area contributed by atoms with Crippen molar-refractivity contribution in [1.29, 1.82) is 0 Å². The lowest BCUT2D eigenvalue weighted by Gasteiger charge is -2.09. The van der Waals surface area contributed by atoms with Crippen molar-refractivity contribution in [2.24, 2.45) is 0 Å². The molecule has 0 aliphatic carbocycles. The van der Waals surface area contributed by atoms with Gasteiger partial charge in [0.1, 0.15) is 5.82 Å². The maximum Gasteiger partial charge on any atom is 0.347 e. The van der Waals surface area contributed by atoms with Crippen LogP contribution < -0.4 is 5.32 Å². The van der Waals surface area contributed by atoms with Crippen LogP contribution in [0.15, 0.2) is 54.4 Å². The normalized spacial score (nSPS) is 9.92. The Balaban J connectivity index is 2.25. The number of rotatable bonds is 7. The molecule has 126 valence electrons. The molecule has 0 unspecified atom stereocenters. The standard InChI is InChI=1S/C17H19N3O4/c1-3-23-16(21)14(17(22)24-4-2)12-18-15-10-11-19-20(15)13-8-6-5-7-9-13/h5-12,18H,3-4H2,1-2H3. The van der Waals surface area contributed by atoms with E-state index >= 15 is 0 Å². The molecule has 1 aromatic carbocycles. The Bertz CT molecular complexity index is 702. The van der Waals surface area contributed by atoms with Crippen molar-refractivity contribution in [2.75, 3.05) is 18.5 Å². The Morgan fingerprint density at radius 3 is 2.29 bits per heavy atom. The van der Waals surface area contributed by atoms with Gasteiger partial charge >= 0.3 is 11.9 Å². The van der Waals surface area contributed by atoms with Crippen LogP contribution in [-0.2, 0) is 19.1 Å². The zero-order chi connectivity index (χ0) is 17.4. The predicted octanol–water partition coefficient (Wildman–Crippen LogP) is 2.29. The molecule has 7 nitrogen and oxygen atoms in total. The molecule has 0 aliphatic rings. The van der Waals surface area contributed by atoms with Crippen molar-refractivity contribution in [3.8, 4) is 5.69 Å². The second-order valence-corrected chi connectivity index (χ2v) is 4.61. The predicted molar refractivity (Wildman–Crippen MR) is 88.5 cm³/mol. The van der Waals surface area contributed by atoms with Crippen molar-refractivity contribution in [3.05, 3.63) is 54.4 Å². The van der Waals surface area contributed by atoms with E-state index in [1.165, 1.54) is 6.20 Å². The second kappa shape index (κ2) is 8.52. The highest BCUT2D eigenvalue weighted by atomic mass is 16.6. The lowest BCUT2D eigenvalue weighted by atomic mass is 10.3. The number of esters is 2. The maximum atomic E-state index is 11.9. The smallest absolute Gasteiger partial charge is 0.347 e. The van der Waals surface area contributed by atoms with Crippen LogP contribution in [0.5, 0.6) is 0 Å². The summed E-state index contributed by atoms with van der Waals surface area (Å²) in [7, 11) is 0. The van der Waals surface area contributed by atoms with Gasteiger partial charge in [-0.15, -0.1) is 0 Å². The zero-order valence-electron chi connectivity index (χ0n) is 13.6.